The Morgan fingerprint density at radius 2 is 1.53 bits per heavy atom. The van der Waals surface area contributed by atoms with Crippen LogP contribution in [-0.4, -0.2) is 73.1 Å². The Bertz CT molecular complexity index is 1170. The van der Waals surface area contributed by atoms with Gasteiger partial charge in [0.15, 0.2) is 17.8 Å². The second-order valence-corrected chi connectivity index (χ2v) is 6.93. The smallest absolute Gasteiger partial charge is 0.204 e. The lowest BCUT2D eigenvalue weighted by molar-refractivity contribution is -0.285. The fourth-order valence-electron chi connectivity index (χ4n) is 3.29. The molecule has 1 aromatic heterocycles. The molecule has 3 aromatic rings. The summed E-state index contributed by atoms with van der Waals surface area (Å²) in [6.07, 6.45) is -7.80. The summed E-state index contributed by atoms with van der Waals surface area (Å²) in [7, 11) is 0. The molecule has 2 heterocycles. The molecule has 11 nitrogen and oxygen atoms in total. The van der Waals surface area contributed by atoms with Gasteiger partial charge < -0.3 is 49.6 Å². The van der Waals surface area contributed by atoms with Crippen molar-refractivity contribution in [2.24, 2.45) is 0 Å². The van der Waals surface area contributed by atoms with E-state index in [-0.39, 0.29) is 34.3 Å². The average molecular weight is 422 g/mol. The van der Waals surface area contributed by atoms with Crippen molar-refractivity contribution in [1.29, 1.82) is 0 Å². The van der Waals surface area contributed by atoms with E-state index in [1.807, 2.05) is 0 Å². The van der Waals surface area contributed by atoms with E-state index in [9.17, 15) is 40.5 Å². The Kier molecular flexibility index (Phi) is 4.92. The summed E-state index contributed by atoms with van der Waals surface area (Å²) in [5, 5.41) is 68.0. The van der Waals surface area contributed by atoms with Crippen LogP contribution in [0.15, 0.2) is 33.5 Å². The van der Waals surface area contributed by atoms with Crippen molar-refractivity contribution in [2.75, 3.05) is 6.61 Å². The largest absolute Gasteiger partial charge is 0.507 e. The minimum Gasteiger partial charge on any atom is -0.507 e. The minimum absolute atomic E-state index is 0.0106. The van der Waals surface area contributed by atoms with Crippen LogP contribution >= 0.6 is 0 Å². The van der Waals surface area contributed by atoms with Gasteiger partial charge in [-0.2, -0.15) is 0 Å². The quantitative estimate of drug-likeness (QED) is 0.207. The highest BCUT2D eigenvalue weighted by atomic mass is 16.6. The Hall–Kier alpha value is -3.09. The van der Waals surface area contributed by atoms with Crippen LogP contribution in [0.5, 0.6) is 23.0 Å². The third-order valence-corrected chi connectivity index (χ3v) is 4.92. The Balaban J connectivity index is 1.67. The normalized spacial score (nSPS) is 26.9. The van der Waals surface area contributed by atoms with Gasteiger partial charge >= 0.3 is 0 Å². The summed E-state index contributed by atoms with van der Waals surface area (Å²) >= 11 is 0. The van der Waals surface area contributed by atoms with Crippen molar-refractivity contribution in [3.8, 4) is 23.0 Å². The molecule has 0 amide bonds. The summed E-state index contributed by atoms with van der Waals surface area (Å²) in [6.45, 7) is -0.376. The van der Waals surface area contributed by atoms with Crippen LogP contribution in [0, 0.1) is 0 Å². The molecule has 0 saturated carbocycles. The number of aliphatic hydroxyl groups is 4. The highest BCUT2D eigenvalue weighted by molar-refractivity contribution is 5.94. The lowest BCUT2D eigenvalue weighted by Crippen LogP contribution is -2.58. The number of aliphatic hydroxyl groups excluding tert-OH is 4. The van der Waals surface area contributed by atoms with Crippen LogP contribution in [0.2, 0.25) is 0 Å². The van der Waals surface area contributed by atoms with Gasteiger partial charge in [-0.05, 0) is 6.07 Å². The molecule has 2 aromatic carbocycles. The number of aromatic hydroxyl groups is 3. The molecule has 4 rings (SSSR count). The van der Waals surface area contributed by atoms with Gasteiger partial charge in [0.1, 0.15) is 59.1 Å². The number of phenols is 3. The molecule has 11 heteroatoms. The maximum atomic E-state index is 12.6. The Morgan fingerprint density at radius 1 is 0.833 bits per heavy atom. The lowest BCUT2D eigenvalue weighted by atomic mass is 9.99. The summed E-state index contributed by atoms with van der Waals surface area (Å²) in [6, 6.07) is 4.46. The molecule has 0 spiro atoms. The molecule has 5 atom stereocenters. The maximum absolute atomic E-state index is 12.6. The van der Waals surface area contributed by atoms with Crippen LogP contribution in [0.1, 0.15) is 0 Å². The van der Waals surface area contributed by atoms with Gasteiger partial charge in [-0.25, -0.2) is 0 Å². The SMILES string of the molecule is O=c1c2cc(O)c(O)cc2oc2cc(OC[C@@H]3O[C@@H](O)[C@H](O)[C@@H](O)[C@@H]3O)cc(O)c12. The molecule has 0 bridgehead atoms. The first-order valence-electron chi connectivity index (χ1n) is 8.83. The van der Waals surface area contributed by atoms with E-state index >= 15 is 0 Å². The zero-order valence-corrected chi connectivity index (χ0v) is 15.2. The van der Waals surface area contributed by atoms with Gasteiger partial charge in [0.2, 0.25) is 5.43 Å². The number of hydrogen-bond acceptors (Lipinski definition) is 11. The zero-order chi connectivity index (χ0) is 21.7. The summed E-state index contributed by atoms with van der Waals surface area (Å²) in [5.41, 5.74) is -0.754. The van der Waals surface area contributed by atoms with Crippen LogP contribution in [0.25, 0.3) is 21.9 Å². The molecule has 30 heavy (non-hydrogen) atoms. The number of benzene rings is 2. The van der Waals surface area contributed by atoms with E-state index < -0.39 is 53.4 Å². The second-order valence-electron chi connectivity index (χ2n) is 6.93. The molecule has 1 aliphatic heterocycles. The highest BCUT2D eigenvalue weighted by Gasteiger charge is 2.43. The van der Waals surface area contributed by atoms with Crippen molar-refractivity contribution in [2.45, 2.75) is 30.7 Å². The average Bonchev–Trinajstić information content (AvgIpc) is 2.69. The third kappa shape index (κ3) is 3.28. The van der Waals surface area contributed by atoms with Crippen LogP contribution in [-0.2, 0) is 4.74 Å². The third-order valence-electron chi connectivity index (χ3n) is 4.92. The van der Waals surface area contributed by atoms with Crippen LogP contribution in [0.3, 0.4) is 0 Å². The monoisotopic (exact) mass is 422 g/mol. The zero-order valence-electron chi connectivity index (χ0n) is 15.2. The van der Waals surface area contributed by atoms with E-state index in [4.69, 9.17) is 13.9 Å². The molecule has 1 saturated heterocycles. The molecule has 160 valence electrons. The minimum atomic E-state index is -1.73. The van der Waals surface area contributed by atoms with Gasteiger partial charge in [0.05, 0.1) is 5.39 Å². The molecule has 1 fully saturated rings. The fraction of sp³-hybridized carbons (Fsp3) is 0.316. The van der Waals surface area contributed by atoms with Crippen molar-refractivity contribution >= 4 is 21.9 Å². The van der Waals surface area contributed by atoms with E-state index in [2.05, 4.69) is 0 Å². The molecule has 7 N–H and O–H groups in total. The van der Waals surface area contributed by atoms with E-state index in [0.717, 1.165) is 18.2 Å². The van der Waals surface area contributed by atoms with Gasteiger partial charge in [-0.3, -0.25) is 4.79 Å². The van der Waals surface area contributed by atoms with Gasteiger partial charge in [0.25, 0.3) is 0 Å². The molecular formula is C19H18O11. The maximum Gasteiger partial charge on any atom is 0.204 e. The first-order valence-corrected chi connectivity index (χ1v) is 8.83. The molecular weight excluding hydrogens is 404 g/mol. The van der Waals surface area contributed by atoms with Crippen molar-refractivity contribution in [3.05, 3.63) is 34.5 Å². The van der Waals surface area contributed by atoms with Crippen molar-refractivity contribution < 1.29 is 49.6 Å². The molecule has 0 unspecified atom stereocenters. The number of phenolic OH excluding ortho intramolecular Hbond substituents is 3. The lowest BCUT2D eigenvalue weighted by Gasteiger charge is -2.38. The molecule has 0 radical (unpaired) electrons. The summed E-state index contributed by atoms with van der Waals surface area (Å²) < 4.78 is 16.0. The van der Waals surface area contributed by atoms with Gasteiger partial charge in [0, 0.05) is 18.2 Å². The van der Waals surface area contributed by atoms with E-state index in [1.165, 1.54) is 6.07 Å². The summed E-state index contributed by atoms with van der Waals surface area (Å²) in [5.74, 6) is -1.48. The second kappa shape index (κ2) is 7.31. The molecule has 1 aliphatic rings. The Labute approximate surface area is 167 Å². The fourth-order valence-corrected chi connectivity index (χ4v) is 3.29. The molecule has 0 aliphatic carbocycles. The van der Waals surface area contributed by atoms with Gasteiger partial charge in [-0.15, -0.1) is 0 Å². The summed E-state index contributed by atoms with van der Waals surface area (Å²) in [4.78, 5) is 12.6. The predicted molar refractivity (Wildman–Crippen MR) is 99.4 cm³/mol. The number of rotatable bonds is 3. The number of hydrogen-bond donors (Lipinski definition) is 7. The number of fused-ring (bicyclic) bond motifs is 2. The van der Waals surface area contributed by atoms with Gasteiger partial charge in [-0.1, -0.05) is 0 Å². The first-order chi connectivity index (χ1) is 14.2. The van der Waals surface area contributed by atoms with E-state index in [0.29, 0.717) is 0 Å². The first kappa shape index (κ1) is 20.2. The van der Waals surface area contributed by atoms with Crippen molar-refractivity contribution in [1.82, 2.24) is 0 Å². The van der Waals surface area contributed by atoms with Crippen LogP contribution in [0.4, 0.5) is 0 Å². The topological polar surface area (TPSA) is 190 Å². The standard InChI is InChI=1S/C19H18O11/c20-8-3-7-11(4-9(8)21)29-12-2-6(1-10(22)14(12)15(7)23)28-5-13-16(24)17(25)18(26)19(27)30-13/h1-4,13,16-22,24-27H,5H2/t13-,16+,17-,18+,19+/m0/s1. The predicted octanol–water partition coefficient (Wildman–Crippen LogP) is -0.758. The number of ether oxygens (including phenoxy) is 2. The Morgan fingerprint density at radius 3 is 2.27 bits per heavy atom. The highest BCUT2D eigenvalue weighted by Crippen LogP contribution is 2.34. The van der Waals surface area contributed by atoms with Crippen LogP contribution < -0.4 is 10.2 Å². The van der Waals surface area contributed by atoms with Crippen molar-refractivity contribution in [3.63, 3.8) is 0 Å². The van der Waals surface area contributed by atoms with E-state index in [1.54, 1.807) is 0 Å².